The number of urea groups is 1. The van der Waals surface area contributed by atoms with Crippen molar-refractivity contribution in [2.75, 3.05) is 18.4 Å². The van der Waals surface area contributed by atoms with Gasteiger partial charge in [0.15, 0.2) is 0 Å². The summed E-state index contributed by atoms with van der Waals surface area (Å²) >= 11 is 0. The number of benzene rings is 1. The van der Waals surface area contributed by atoms with Gasteiger partial charge in [-0.1, -0.05) is 18.2 Å². The molecule has 1 aliphatic rings. The minimum atomic E-state index is -0.860. The molecule has 6 heteroatoms. The third-order valence-corrected chi connectivity index (χ3v) is 3.39. The number of likely N-dealkylation sites (tertiary alicyclic amines) is 1. The number of pyridine rings is 1. The summed E-state index contributed by atoms with van der Waals surface area (Å²) in [7, 11) is 0. The Hall–Kier alpha value is -2.63. The van der Waals surface area contributed by atoms with Crippen molar-refractivity contribution in [2.24, 2.45) is 5.92 Å². The zero-order valence-corrected chi connectivity index (χ0v) is 10.6. The molecule has 1 aromatic carbocycles. The van der Waals surface area contributed by atoms with Crippen molar-refractivity contribution in [3.05, 3.63) is 36.5 Å². The summed E-state index contributed by atoms with van der Waals surface area (Å²) in [6, 6.07) is 9.00. The summed E-state index contributed by atoms with van der Waals surface area (Å²) in [6.07, 6.45) is 1.67. The Morgan fingerprint density at radius 3 is 2.75 bits per heavy atom. The zero-order valence-electron chi connectivity index (χ0n) is 10.6. The molecule has 0 bridgehead atoms. The first kappa shape index (κ1) is 12.4. The average molecular weight is 271 g/mol. The topological polar surface area (TPSA) is 82.5 Å². The monoisotopic (exact) mass is 271 g/mol. The molecular formula is C14H13N3O3. The highest BCUT2D eigenvalue weighted by atomic mass is 16.4. The number of anilines is 1. The number of fused-ring (bicyclic) bond motifs is 1. The number of nitrogens with zero attached hydrogens (tertiary/aromatic N) is 2. The van der Waals surface area contributed by atoms with Crippen molar-refractivity contribution in [1.82, 2.24) is 9.88 Å². The van der Waals surface area contributed by atoms with Crippen LogP contribution in [0, 0.1) is 5.92 Å². The fraction of sp³-hybridized carbons (Fsp3) is 0.214. The molecular weight excluding hydrogens is 258 g/mol. The van der Waals surface area contributed by atoms with E-state index in [0.29, 0.717) is 5.69 Å². The molecule has 2 amide bonds. The minimum Gasteiger partial charge on any atom is -0.481 e. The Balaban J connectivity index is 1.74. The maximum absolute atomic E-state index is 12.0. The van der Waals surface area contributed by atoms with Gasteiger partial charge in [-0.15, -0.1) is 0 Å². The van der Waals surface area contributed by atoms with E-state index >= 15 is 0 Å². The lowest BCUT2D eigenvalue weighted by molar-refractivity contribution is -0.145. The highest BCUT2D eigenvalue weighted by Gasteiger charge is 2.35. The smallest absolute Gasteiger partial charge is 0.321 e. The summed E-state index contributed by atoms with van der Waals surface area (Å²) in [6.45, 7) is 0.499. The molecule has 1 aliphatic heterocycles. The molecule has 1 saturated heterocycles. The Morgan fingerprint density at radius 1 is 1.25 bits per heavy atom. The molecule has 102 valence electrons. The molecule has 0 spiro atoms. The molecule has 20 heavy (non-hydrogen) atoms. The van der Waals surface area contributed by atoms with E-state index in [1.807, 2.05) is 24.3 Å². The number of nitrogens with one attached hydrogen (secondary N) is 1. The van der Waals surface area contributed by atoms with Crippen molar-refractivity contribution in [1.29, 1.82) is 0 Å². The van der Waals surface area contributed by atoms with Crippen LogP contribution in [0.15, 0.2) is 36.5 Å². The maximum Gasteiger partial charge on any atom is 0.321 e. The van der Waals surface area contributed by atoms with Gasteiger partial charge in [0.05, 0.1) is 17.1 Å². The summed E-state index contributed by atoms with van der Waals surface area (Å²) in [5.74, 6) is -1.31. The van der Waals surface area contributed by atoms with Gasteiger partial charge in [0.1, 0.15) is 0 Å². The summed E-state index contributed by atoms with van der Waals surface area (Å²) in [5, 5.41) is 12.5. The largest absolute Gasteiger partial charge is 0.481 e. The quantitative estimate of drug-likeness (QED) is 0.872. The molecule has 2 aromatic rings. The molecule has 2 N–H and O–H groups in total. The summed E-state index contributed by atoms with van der Waals surface area (Å²) in [4.78, 5) is 28.4. The number of carboxylic acids is 1. The van der Waals surface area contributed by atoms with Crippen LogP contribution in [0.4, 0.5) is 10.5 Å². The van der Waals surface area contributed by atoms with Crippen molar-refractivity contribution in [3.8, 4) is 0 Å². The number of para-hydroxylation sites is 1. The van der Waals surface area contributed by atoms with Crippen LogP contribution < -0.4 is 5.32 Å². The third kappa shape index (κ3) is 2.16. The first-order valence-corrected chi connectivity index (χ1v) is 6.27. The van der Waals surface area contributed by atoms with Gasteiger partial charge in [-0.25, -0.2) is 4.79 Å². The van der Waals surface area contributed by atoms with Gasteiger partial charge in [0.25, 0.3) is 0 Å². The number of carbonyl (C=O) groups is 2. The Morgan fingerprint density at radius 2 is 2.00 bits per heavy atom. The molecule has 6 nitrogen and oxygen atoms in total. The lowest BCUT2D eigenvalue weighted by atomic mass is 10.0. The molecule has 3 rings (SSSR count). The normalized spacial score (nSPS) is 14.9. The summed E-state index contributed by atoms with van der Waals surface area (Å²) in [5.41, 5.74) is 1.35. The fourth-order valence-corrected chi connectivity index (χ4v) is 2.20. The molecule has 2 heterocycles. The van der Waals surface area contributed by atoms with Crippen molar-refractivity contribution in [3.63, 3.8) is 0 Å². The second kappa shape index (κ2) is 4.80. The SMILES string of the molecule is O=C(O)C1CN(C(=O)Nc2cccc3cccnc23)C1. The first-order chi connectivity index (χ1) is 9.65. The van der Waals surface area contributed by atoms with E-state index in [1.54, 1.807) is 12.3 Å². The van der Waals surface area contributed by atoms with Gasteiger partial charge < -0.3 is 15.3 Å². The van der Waals surface area contributed by atoms with Gasteiger partial charge in [-0.3, -0.25) is 9.78 Å². The molecule has 1 aromatic heterocycles. The van der Waals surface area contributed by atoms with Gasteiger partial charge in [0, 0.05) is 24.7 Å². The molecule has 0 radical (unpaired) electrons. The first-order valence-electron chi connectivity index (χ1n) is 6.27. The van der Waals surface area contributed by atoms with Gasteiger partial charge >= 0.3 is 12.0 Å². The summed E-state index contributed by atoms with van der Waals surface area (Å²) < 4.78 is 0. The molecule has 1 fully saturated rings. The number of aliphatic carboxylic acids is 1. The molecule has 0 saturated carbocycles. The van der Waals surface area contributed by atoms with Crippen molar-refractivity contribution < 1.29 is 14.7 Å². The number of hydrogen-bond donors (Lipinski definition) is 2. The van der Waals surface area contributed by atoms with Crippen LogP contribution in [0.2, 0.25) is 0 Å². The Labute approximate surface area is 115 Å². The Bertz CT molecular complexity index is 675. The highest BCUT2D eigenvalue weighted by molar-refractivity contribution is 6.00. The van der Waals surface area contributed by atoms with Crippen LogP contribution in [-0.4, -0.2) is 40.1 Å². The van der Waals surface area contributed by atoms with Crippen molar-refractivity contribution >= 4 is 28.6 Å². The van der Waals surface area contributed by atoms with Gasteiger partial charge in [-0.2, -0.15) is 0 Å². The molecule has 0 aliphatic carbocycles. The van der Waals surface area contributed by atoms with Crippen LogP contribution in [0.25, 0.3) is 10.9 Å². The van der Waals surface area contributed by atoms with E-state index in [4.69, 9.17) is 5.11 Å². The van der Waals surface area contributed by atoms with Gasteiger partial charge in [-0.05, 0) is 12.1 Å². The van der Waals surface area contributed by atoms with Crippen LogP contribution in [0.1, 0.15) is 0 Å². The van der Waals surface area contributed by atoms with Crippen molar-refractivity contribution in [2.45, 2.75) is 0 Å². The standard InChI is InChI=1S/C14H13N3O3/c18-13(19)10-7-17(8-10)14(20)16-11-5-1-3-9-4-2-6-15-12(9)11/h1-6,10H,7-8H2,(H,16,20)(H,18,19). The van der Waals surface area contributed by atoms with E-state index in [1.165, 1.54) is 4.90 Å². The lowest BCUT2D eigenvalue weighted by Gasteiger charge is -2.36. The highest BCUT2D eigenvalue weighted by Crippen LogP contribution is 2.22. The third-order valence-electron chi connectivity index (χ3n) is 3.39. The van der Waals surface area contributed by atoms with Crippen LogP contribution in [-0.2, 0) is 4.79 Å². The molecule has 0 atom stereocenters. The van der Waals surface area contributed by atoms with E-state index in [0.717, 1.165) is 10.9 Å². The maximum atomic E-state index is 12.0. The van der Waals surface area contributed by atoms with Crippen LogP contribution in [0.5, 0.6) is 0 Å². The molecule has 0 unspecified atom stereocenters. The van der Waals surface area contributed by atoms with E-state index < -0.39 is 11.9 Å². The van der Waals surface area contributed by atoms with E-state index in [9.17, 15) is 9.59 Å². The average Bonchev–Trinajstić information content (AvgIpc) is 2.37. The van der Waals surface area contributed by atoms with E-state index in [2.05, 4.69) is 10.3 Å². The zero-order chi connectivity index (χ0) is 14.1. The number of amides is 2. The predicted octanol–water partition coefficient (Wildman–Crippen LogP) is 1.78. The second-order valence-electron chi connectivity index (χ2n) is 4.75. The van der Waals surface area contributed by atoms with Crippen LogP contribution in [0.3, 0.4) is 0 Å². The predicted molar refractivity (Wildman–Crippen MR) is 73.5 cm³/mol. The number of carboxylic acid groups (broad SMARTS) is 1. The number of hydrogen-bond acceptors (Lipinski definition) is 3. The van der Waals surface area contributed by atoms with Crippen LogP contribution >= 0.6 is 0 Å². The Kier molecular flexibility index (Phi) is 2.98. The number of carbonyl (C=O) groups excluding carboxylic acids is 1. The number of rotatable bonds is 2. The lowest BCUT2D eigenvalue weighted by Crippen LogP contribution is -2.54. The second-order valence-corrected chi connectivity index (χ2v) is 4.75. The number of aromatic nitrogens is 1. The van der Waals surface area contributed by atoms with Gasteiger partial charge in [0.2, 0.25) is 0 Å². The fourth-order valence-electron chi connectivity index (χ4n) is 2.20. The van der Waals surface area contributed by atoms with E-state index in [-0.39, 0.29) is 19.1 Å². The minimum absolute atomic E-state index is 0.249.